The normalized spacial score (nSPS) is 10.2. The van der Waals surface area contributed by atoms with Gasteiger partial charge in [-0.3, -0.25) is 0 Å². The van der Waals surface area contributed by atoms with Gasteiger partial charge in [-0.1, -0.05) is 65.8 Å². The number of hydrogen-bond acceptors (Lipinski definition) is 3. The SMILES string of the molecule is N#Cc1c(NCc2ccccc2)cc[nH+]c1SCc1ccc(Cl)cc1. The van der Waals surface area contributed by atoms with Crippen LogP contribution in [-0.4, -0.2) is 0 Å². The number of halogens is 1. The summed E-state index contributed by atoms with van der Waals surface area (Å²) in [6.45, 7) is 0.681. The Hall–Kier alpha value is -2.48. The fourth-order valence-electron chi connectivity index (χ4n) is 2.38. The van der Waals surface area contributed by atoms with Gasteiger partial charge in [0.2, 0.25) is 0 Å². The van der Waals surface area contributed by atoms with Crippen molar-refractivity contribution in [1.29, 1.82) is 5.26 Å². The number of anilines is 1. The Kier molecular flexibility index (Phi) is 5.95. The summed E-state index contributed by atoms with van der Waals surface area (Å²) in [7, 11) is 0. The Balaban J connectivity index is 1.72. The highest BCUT2D eigenvalue weighted by Gasteiger charge is 2.15. The van der Waals surface area contributed by atoms with Crippen molar-refractivity contribution in [2.75, 3.05) is 5.32 Å². The molecular formula is C20H17ClN3S+. The predicted molar refractivity (Wildman–Crippen MR) is 102 cm³/mol. The molecule has 25 heavy (non-hydrogen) atoms. The molecule has 3 aromatic rings. The van der Waals surface area contributed by atoms with E-state index in [0.717, 1.165) is 27.1 Å². The summed E-state index contributed by atoms with van der Waals surface area (Å²) in [6, 6.07) is 22.1. The van der Waals surface area contributed by atoms with Crippen molar-refractivity contribution in [2.24, 2.45) is 0 Å². The highest BCUT2D eigenvalue weighted by Crippen LogP contribution is 2.27. The maximum atomic E-state index is 9.59. The van der Waals surface area contributed by atoms with Gasteiger partial charge in [-0.15, -0.1) is 0 Å². The minimum Gasteiger partial charge on any atom is -0.379 e. The second kappa shape index (κ2) is 8.57. The van der Waals surface area contributed by atoms with Crippen molar-refractivity contribution in [2.45, 2.75) is 17.3 Å². The van der Waals surface area contributed by atoms with Crippen molar-refractivity contribution in [3.8, 4) is 6.07 Å². The number of H-pyrrole nitrogens is 1. The molecule has 5 heteroatoms. The average Bonchev–Trinajstić information content (AvgIpc) is 2.66. The molecule has 1 heterocycles. The molecule has 3 rings (SSSR count). The van der Waals surface area contributed by atoms with Crippen molar-refractivity contribution >= 4 is 29.1 Å². The quantitative estimate of drug-likeness (QED) is 0.629. The number of hydrogen-bond donors (Lipinski definition) is 1. The minimum atomic E-state index is 0.636. The van der Waals surface area contributed by atoms with Crippen LogP contribution in [0.3, 0.4) is 0 Å². The highest BCUT2D eigenvalue weighted by atomic mass is 35.5. The first kappa shape index (κ1) is 17.3. The molecule has 0 aliphatic carbocycles. The van der Waals surface area contributed by atoms with Gasteiger partial charge in [0.25, 0.3) is 5.03 Å². The van der Waals surface area contributed by atoms with E-state index in [1.807, 2.05) is 54.7 Å². The first-order valence-corrected chi connectivity index (χ1v) is 9.22. The van der Waals surface area contributed by atoms with Crippen molar-refractivity contribution in [1.82, 2.24) is 0 Å². The number of aromatic amines is 1. The zero-order valence-corrected chi connectivity index (χ0v) is 15.1. The number of benzene rings is 2. The molecule has 0 aliphatic heterocycles. The first-order chi connectivity index (χ1) is 12.3. The summed E-state index contributed by atoms with van der Waals surface area (Å²) in [4.78, 5) is 3.18. The van der Waals surface area contributed by atoms with Crippen LogP contribution < -0.4 is 10.3 Å². The van der Waals surface area contributed by atoms with Crippen LogP contribution >= 0.6 is 23.4 Å². The number of nitrogens with zero attached hydrogens (tertiary/aromatic N) is 1. The molecule has 0 bridgehead atoms. The van der Waals surface area contributed by atoms with Crippen molar-refractivity contribution in [3.05, 3.63) is 88.6 Å². The fraction of sp³-hybridized carbons (Fsp3) is 0.100. The van der Waals surface area contributed by atoms with E-state index in [1.165, 1.54) is 5.56 Å². The monoisotopic (exact) mass is 366 g/mol. The van der Waals surface area contributed by atoms with E-state index in [1.54, 1.807) is 11.8 Å². The second-order valence-electron chi connectivity index (χ2n) is 5.46. The second-order valence-corrected chi connectivity index (χ2v) is 6.88. The van der Waals surface area contributed by atoms with Crippen LogP contribution in [0.5, 0.6) is 0 Å². The number of pyridine rings is 1. The lowest BCUT2D eigenvalue weighted by atomic mass is 10.2. The number of nitriles is 1. The van der Waals surface area contributed by atoms with Crippen LogP contribution in [0.2, 0.25) is 5.02 Å². The number of rotatable bonds is 6. The summed E-state index contributed by atoms with van der Waals surface area (Å²) < 4.78 is 0. The standard InChI is InChI=1S/C20H16ClN3S/c21-17-8-6-16(7-9-17)14-25-20-18(12-22)19(10-11-23-20)24-13-15-4-2-1-3-5-15/h1-11H,13-14H2,(H,23,24)/p+1. The van der Waals surface area contributed by atoms with Gasteiger partial charge in [-0.2, -0.15) is 5.26 Å². The molecule has 0 saturated heterocycles. The molecule has 0 radical (unpaired) electrons. The Bertz CT molecular complexity index is 874. The van der Waals surface area contributed by atoms with E-state index in [4.69, 9.17) is 11.6 Å². The van der Waals surface area contributed by atoms with Crippen LogP contribution in [0.4, 0.5) is 5.69 Å². The molecular weight excluding hydrogens is 350 g/mol. The van der Waals surface area contributed by atoms with Crippen LogP contribution in [0, 0.1) is 11.3 Å². The molecule has 0 fully saturated rings. The van der Waals surface area contributed by atoms with Crippen LogP contribution in [-0.2, 0) is 12.3 Å². The summed E-state index contributed by atoms with van der Waals surface area (Å²) in [6.07, 6.45) is 1.86. The van der Waals surface area contributed by atoms with Crippen LogP contribution in [0.25, 0.3) is 0 Å². The molecule has 0 unspecified atom stereocenters. The lowest BCUT2D eigenvalue weighted by Crippen LogP contribution is -2.11. The summed E-state index contributed by atoms with van der Waals surface area (Å²) in [5, 5.41) is 14.5. The minimum absolute atomic E-state index is 0.636. The average molecular weight is 367 g/mol. The Morgan fingerprint density at radius 2 is 1.76 bits per heavy atom. The van der Waals surface area contributed by atoms with Gasteiger partial charge < -0.3 is 5.32 Å². The molecule has 1 aromatic heterocycles. The van der Waals surface area contributed by atoms with E-state index in [2.05, 4.69) is 28.5 Å². The van der Waals surface area contributed by atoms with Crippen molar-refractivity contribution in [3.63, 3.8) is 0 Å². The van der Waals surface area contributed by atoms with Gasteiger partial charge in [-0.25, -0.2) is 4.98 Å². The third-order valence-electron chi connectivity index (χ3n) is 3.69. The maximum absolute atomic E-state index is 9.59. The maximum Gasteiger partial charge on any atom is 0.258 e. The van der Waals surface area contributed by atoms with Gasteiger partial charge >= 0.3 is 0 Å². The number of aromatic nitrogens is 1. The van der Waals surface area contributed by atoms with Gasteiger partial charge in [0.15, 0.2) is 11.8 Å². The molecule has 2 N–H and O–H groups in total. The van der Waals surface area contributed by atoms with Crippen LogP contribution in [0.1, 0.15) is 16.7 Å². The van der Waals surface area contributed by atoms with Crippen molar-refractivity contribution < 1.29 is 4.98 Å². The topological polar surface area (TPSA) is 50.0 Å². The largest absolute Gasteiger partial charge is 0.379 e. The van der Waals surface area contributed by atoms with E-state index in [9.17, 15) is 5.26 Å². The van der Waals surface area contributed by atoms with Gasteiger partial charge in [0.05, 0.1) is 5.69 Å². The lowest BCUT2D eigenvalue weighted by molar-refractivity contribution is -0.426. The van der Waals surface area contributed by atoms with E-state index in [0.29, 0.717) is 12.1 Å². The number of thioether (sulfide) groups is 1. The zero-order valence-electron chi connectivity index (χ0n) is 13.5. The smallest absolute Gasteiger partial charge is 0.258 e. The predicted octanol–water partition coefficient (Wildman–Crippen LogP) is 4.93. The van der Waals surface area contributed by atoms with E-state index in [-0.39, 0.29) is 0 Å². The highest BCUT2D eigenvalue weighted by molar-refractivity contribution is 7.98. The Morgan fingerprint density at radius 1 is 1.00 bits per heavy atom. The molecule has 124 valence electrons. The Morgan fingerprint density at radius 3 is 2.48 bits per heavy atom. The molecule has 0 atom stereocenters. The molecule has 0 spiro atoms. The molecule has 3 nitrogen and oxygen atoms in total. The van der Waals surface area contributed by atoms with E-state index < -0.39 is 0 Å². The Labute approximate surface area is 156 Å². The molecule has 0 aliphatic rings. The first-order valence-electron chi connectivity index (χ1n) is 7.86. The molecule has 0 saturated carbocycles. The fourth-order valence-corrected chi connectivity index (χ4v) is 3.46. The zero-order chi connectivity index (χ0) is 17.5. The van der Waals surface area contributed by atoms with Gasteiger partial charge in [-0.05, 0) is 23.3 Å². The summed E-state index contributed by atoms with van der Waals surface area (Å²) >= 11 is 7.52. The third kappa shape index (κ3) is 4.76. The lowest BCUT2D eigenvalue weighted by Gasteiger charge is -2.08. The van der Waals surface area contributed by atoms with Gasteiger partial charge in [0.1, 0.15) is 6.07 Å². The molecule has 2 aromatic carbocycles. The number of nitrogens with one attached hydrogen (secondary N) is 2. The van der Waals surface area contributed by atoms with E-state index >= 15 is 0 Å². The van der Waals surface area contributed by atoms with Gasteiger partial charge in [0, 0.05) is 23.4 Å². The summed E-state index contributed by atoms with van der Waals surface area (Å²) in [5.41, 5.74) is 3.81. The molecule has 0 amide bonds. The third-order valence-corrected chi connectivity index (χ3v) is 5.04. The summed E-state index contributed by atoms with van der Waals surface area (Å²) in [5.74, 6) is 0.768. The van der Waals surface area contributed by atoms with Crippen LogP contribution in [0.15, 0.2) is 71.9 Å².